The molecule has 2 aromatic rings. The first kappa shape index (κ1) is 20.2. The molecule has 150 valence electrons. The van der Waals surface area contributed by atoms with Gasteiger partial charge in [-0.1, -0.05) is 30.9 Å². The molecule has 3 rings (SSSR count). The number of carboxylic acid groups (broad SMARTS) is 1. The van der Waals surface area contributed by atoms with Crippen molar-refractivity contribution in [3.8, 4) is 0 Å². The van der Waals surface area contributed by atoms with E-state index in [1.807, 2.05) is 0 Å². The maximum atomic E-state index is 13.1. The highest BCUT2D eigenvalue weighted by molar-refractivity contribution is 5.90. The van der Waals surface area contributed by atoms with Crippen molar-refractivity contribution in [2.24, 2.45) is 0 Å². The average Bonchev–Trinajstić information content (AvgIpc) is 3.19. The van der Waals surface area contributed by atoms with Gasteiger partial charge < -0.3 is 5.11 Å². The summed E-state index contributed by atoms with van der Waals surface area (Å²) in [7, 11) is 0. The van der Waals surface area contributed by atoms with Crippen LogP contribution in [0.4, 0.5) is 13.2 Å². The van der Waals surface area contributed by atoms with Crippen LogP contribution in [0.1, 0.15) is 19.8 Å². The summed E-state index contributed by atoms with van der Waals surface area (Å²) >= 11 is 0. The molecule has 29 heavy (non-hydrogen) atoms. The quantitative estimate of drug-likeness (QED) is 0.470. The van der Waals surface area contributed by atoms with E-state index >= 15 is 0 Å². The average molecular weight is 401 g/mol. The number of fused-ring (bicyclic) bond motifs is 1. The van der Waals surface area contributed by atoms with Gasteiger partial charge in [0.1, 0.15) is 5.65 Å². The first-order valence-corrected chi connectivity index (χ1v) is 8.75. The van der Waals surface area contributed by atoms with E-state index in [9.17, 15) is 18.0 Å². The third kappa shape index (κ3) is 4.02. The second kappa shape index (κ2) is 7.85. The molecule has 0 saturated heterocycles. The molecule has 8 heteroatoms. The maximum Gasteiger partial charge on any atom is 0.412 e. The summed E-state index contributed by atoms with van der Waals surface area (Å²) in [5, 5.41) is 17.8. The first-order valence-electron chi connectivity index (χ1n) is 8.75. The van der Waals surface area contributed by atoms with Crippen LogP contribution in [-0.4, -0.2) is 32.0 Å². The number of hydrogen-bond acceptors (Lipinski definition) is 2. The molecule has 1 aliphatic carbocycles. The van der Waals surface area contributed by atoms with Gasteiger partial charge in [-0.2, -0.15) is 18.3 Å². The molecular formula is C21H18F3N3O2. The van der Waals surface area contributed by atoms with E-state index in [1.165, 1.54) is 18.2 Å². The van der Waals surface area contributed by atoms with Gasteiger partial charge in [0, 0.05) is 17.7 Å². The molecule has 5 nitrogen and oxygen atoms in total. The third-order valence-electron chi connectivity index (χ3n) is 4.51. The van der Waals surface area contributed by atoms with Gasteiger partial charge in [0.15, 0.2) is 0 Å². The Morgan fingerprint density at radius 3 is 2.72 bits per heavy atom. The minimum atomic E-state index is -4.40. The molecule has 2 N–H and O–H groups in total. The number of carboxylic acids is 1. The van der Waals surface area contributed by atoms with E-state index in [-0.39, 0.29) is 12.0 Å². The molecule has 0 aliphatic heterocycles. The van der Waals surface area contributed by atoms with Crippen LogP contribution < -0.4 is 10.6 Å². The number of aromatic nitrogens is 3. The molecule has 0 amide bonds. The SMILES string of the molecule is C=C(C=C=c1/c(=C\C)n(/C2=C/C=C(/C(F)(F)F)C/C=C\C2)c2[nH]ncc12)C(=O)O. The Bertz CT molecular complexity index is 1230. The van der Waals surface area contributed by atoms with Crippen molar-refractivity contribution < 1.29 is 23.1 Å². The van der Waals surface area contributed by atoms with Crippen molar-refractivity contribution in [2.45, 2.75) is 25.9 Å². The monoisotopic (exact) mass is 401 g/mol. The predicted octanol–water partition coefficient (Wildman–Crippen LogP) is 3.42. The summed E-state index contributed by atoms with van der Waals surface area (Å²) in [6, 6.07) is 0. The molecule has 0 atom stereocenters. The Hall–Kier alpha value is -3.51. The van der Waals surface area contributed by atoms with Crippen LogP contribution in [0.25, 0.3) is 28.5 Å². The number of hydrogen-bond donors (Lipinski definition) is 2. The van der Waals surface area contributed by atoms with Crippen LogP contribution in [-0.2, 0) is 4.79 Å². The lowest BCUT2D eigenvalue weighted by Gasteiger charge is -2.13. The zero-order valence-corrected chi connectivity index (χ0v) is 15.5. The Morgan fingerprint density at radius 1 is 1.34 bits per heavy atom. The van der Waals surface area contributed by atoms with E-state index in [0.29, 0.717) is 33.7 Å². The number of nitrogens with zero attached hydrogens (tertiary/aromatic N) is 2. The van der Waals surface area contributed by atoms with Crippen LogP contribution in [0.2, 0.25) is 0 Å². The van der Waals surface area contributed by atoms with Crippen LogP contribution in [0.3, 0.4) is 0 Å². The number of nitrogens with one attached hydrogen (secondary N) is 1. The first-order chi connectivity index (χ1) is 13.7. The minimum absolute atomic E-state index is 0.137. The van der Waals surface area contributed by atoms with Crippen LogP contribution in [0.5, 0.6) is 0 Å². The van der Waals surface area contributed by atoms with Gasteiger partial charge in [-0.3, -0.25) is 9.67 Å². The summed E-state index contributed by atoms with van der Waals surface area (Å²) < 4.78 is 41.2. The van der Waals surface area contributed by atoms with E-state index in [2.05, 4.69) is 22.5 Å². The topological polar surface area (TPSA) is 70.9 Å². The van der Waals surface area contributed by atoms with Gasteiger partial charge in [-0.25, -0.2) is 4.79 Å². The molecule has 1 aliphatic rings. The molecular weight excluding hydrogens is 383 g/mol. The van der Waals surface area contributed by atoms with Crippen molar-refractivity contribution in [1.82, 2.24) is 14.8 Å². The van der Waals surface area contributed by atoms with Crippen molar-refractivity contribution >= 4 is 34.5 Å². The summed E-state index contributed by atoms with van der Waals surface area (Å²) in [5.41, 5.74) is 3.35. The van der Waals surface area contributed by atoms with Gasteiger partial charge in [0.25, 0.3) is 0 Å². The molecule has 2 heterocycles. The highest BCUT2D eigenvalue weighted by Crippen LogP contribution is 2.30. The predicted molar refractivity (Wildman–Crippen MR) is 105 cm³/mol. The van der Waals surface area contributed by atoms with E-state index in [1.54, 1.807) is 29.8 Å². The van der Waals surface area contributed by atoms with Crippen molar-refractivity contribution in [1.29, 1.82) is 0 Å². The largest absolute Gasteiger partial charge is 0.478 e. The van der Waals surface area contributed by atoms with Crippen LogP contribution in [0, 0.1) is 0 Å². The van der Waals surface area contributed by atoms with Gasteiger partial charge >= 0.3 is 12.1 Å². The molecule has 0 unspecified atom stereocenters. The molecule has 0 aromatic carbocycles. The molecule has 0 saturated carbocycles. The molecule has 0 fully saturated rings. The zero-order valence-electron chi connectivity index (χ0n) is 15.5. The number of alkyl halides is 3. The summed E-state index contributed by atoms with van der Waals surface area (Å²) in [6.45, 7) is 5.23. The summed E-state index contributed by atoms with van der Waals surface area (Å²) in [4.78, 5) is 11.0. The maximum absolute atomic E-state index is 13.1. The molecule has 0 bridgehead atoms. The van der Waals surface area contributed by atoms with Crippen molar-refractivity contribution in [3.05, 3.63) is 64.9 Å². The lowest BCUT2D eigenvalue weighted by atomic mass is 10.1. The second-order valence-corrected chi connectivity index (χ2v) is 6.36. The third-order valence-corrected chi connectivity index (χ3v) is 4.51. The number of aliphatic carboxylic acids is 1. The van der Waals surface area contributed by atoms with Crippen LogP contribution >= 0.6 is 0 Å². The van der Waals surface area contributed by atoms with Crippen molar-refractivity contribution in [3.63, 3.8) is 0 Å². The summed E-state index contributed by atoms with van der Waals surface area (Å²) in [5.74, 6) is -1.17. The Kier molecular flexibility index (Phi) is 5.48. The Balaban J connectivity index is 2.30. The Labute approximate surface area is 163 Å². The minimum Gasteiger partial charge on any atom is -0.478 e. The van der Waals surface area contributed by atoms with Gasteiger partial charge in [0.05, 0.1) is 27.7 Å². The van der Waals surface area contributed by atoms with Crippen LogP contribution in [0.15, 0.2) is 54.3 Å². The Morgan fingerprint density at radius 2 is 2.07 bits per heavy atom. The number of allylic oxidation sites excluding steroid dienone is 6. The number of H-pyrrole nitrogens is 1. The molecule has 2 aromatic heterocycles. The summed E-state index contributed by atoms with van der Waals surface area (Å²) in [6.07, 6.45) is 6.17. The van der Waals surface area contributed by atoms with Gasteiger partial charge in [0.2, 0.25) is 0 Å². The second-order valence-electron chi connectivity index (χ2n) is 6.36. The normalized spacial score (nSPS) is 20.1. The number of carbonyl (C=O) groups is 1. The number of aromatic amines is 1. The van der Waals surface area contributed by atoms with E-state index in [4.69, 9.17) is 5.11 Å². The zero-order chi connectivity index (χ0) is 21.2. The molecule has 0 spiro atoms. The molecule has 0 radical (unpaired) electrons. The fourth-order valence-electron chi connectivity index (χ4n) is 3.07. The van der Waals surface area contributed by atoms with Crippen molar-refractivity contribution in [2.75, 3.05) is 0 Å². The van der Waals surface area contributed by atoms with E-state index < -0.39 is 17.7 Å². The lowest BCUT2D eigenvalue weighted by molar-refractivity contribution is -0.132. The standard InChI is InChI=1S/C21H18F3N3O2/c1-3-18-16(11-8-13(2)20(28)29)17-12-25-26-19(17)27(18)15-7-5-4-6-14(9-10-15)21(22,23)24/h3-5,8-10,12H,2,6-7H2,1H3,(H,25,26)(H,28,29)/b5-4-,14-9+,15-10+,18-3+. The highest BCUT2D eigenvalue weighted by atomic mass is 19.4. The van der Waals surface area contributed by atoms with E-state index in [0.717, 1.165) is 6.08 Å². The van der Waals surface area contributed by atoms with Gasteiger partial charge in [-0.15, -0.1) is 5.73 Å². The fourth-order valence-corrected chi connectivity index (χ4v) is 3.07. The number of rotatable bonds is 3. The fraction of sp³-hybridized carbons (Fsp3) is 0.190. The number of halogens is 3. The van der Waals surface area contributed by atoms with Gasteiger partial charge in [-0.05, 0) is 25.5 Å². The smallest absolute Gasteiger partial charge is 0.412 e. The highest BCUT2D eigenvalue weighted by Gasteiger charge is 2.32. The lowest BCUT2D eigenvalue weighted by Crippen LogP contribution is -2.28.